The van der Waals surface area contributed by atoms with E-state index in [1.807, 2.05) is 64.1 Å². The quantitative estimate of drug-likeness (QED) is 0.0542. The van der Waals surface area contributed by atoms with Crippen molar-refractivity contribution in [2.24, 2.45) is 0 Å². The maximum atomic E-state index is 14.1. The van der Waals surface area contributed by atoms with Gasteiger partial charge in [0.15, 0.2) is 0 Å². The summed E-state index contributed by atoms with van der Waals surface area (Å²) >= 11 is 0. The highest BCUT2D eigenvalue weighted by Gasteiger charge is 2.46. The van der Waals surface area contributed by atoms with E-state index in [1.54, 1.807) is 146 Å². The Morgan fingerprint density at radius 2 is 0.605 bits per heavy atom. The molecular formula is C70H72N2O11S3. The van der Waals surface area contributed by atoms with Crippen LogP contribution in [0.2, 0.25) is 0 Å². The number of benzene rings is 9. The van der Waals surface area contributed by atoms with Gasteiger partial charge in [-0.05, 0) is 221 Å². The van der Waals surface area contributed by atoms with Crippen molar-refractivity contribution in [2.75, 3.05) is 11.5 Å². The Bertz CT molecular complexity index is 4170. The highest BCUT2D eigenvalue weighted by Crippen LogP contribution is 2.45. The van der Waals surface area contributed by atoms with Crippen molar-refractivity contribution in [3.8, 4) is 40.2 Å². The Kier molecular flexibility index (Phi) is 17.9. The molecule has 4 N–H and O–H groups in total. The second-order valence-corrected chi connectivity index (χ2v) is 27.9. The highest BCUT2D eigenvalue weighted by atomic mass is 32.2. The van der Waals surface area contributed by atoms with Crippen LogP contribution < -0.4 is 35.2 Å². The molecule has 0 aromatic heterocycles. The SMILES string of the molecule is CCC(C)(Oc1ccc(S(=O)(=O)c2ccc(C(C)(CC)C(C)(CC)Oc3ccc(Oc4ccc(S(=O)(=O)c5ccc(C(C)(CC)Oc6cccc(N)c6)cc5)cc4)cc3)cc2)cc1)c1ccc(S(=O)(=O)c2ccc(Oc3cccc(N)c3)cc2)cc1. The molecule has 0 aliphatic rings. The molecule has 446 valence electrons. The molecule has 0 aliphatic carbocycles. The summed E-state index contributed by atoms with van der Waals surface area (Å²) in [6, 6.07) is 60.6. The summed E-state index contributed by atoms with van der Waals surface area (Å²) in [5.74, 6) is 3.66. The molecule has 0 spiro atoms. The second kappa shape index (κ2) is 24.8. The van der Waals surface area contributed by atoms with E-state index < -0.39 is 51.7 Å². The van der Waals surface area contributed by atoms with Gasteiger partial charge in [0.25, 0.3) is 0 Å². The molecule has 0 saturated carbocycles. The first kappa shape index (κ1) is 62.0. The Balaban J connectivity index is 0.809. The molecule has 0 amide bonds. The van der Waals surface area contributed by atoms with E-state index in [-0.39, 0.29) is 29.4 Å². The van der Waals surface area contributed by atoms with Crippen molar-refractivity contribution < 1.29 is 48.9 Å². The number of nitrogen functional groups attached to an aromatic ring is 2. The number of hydrogen-bond acceptors (Lipinski definition) is 13. The van der Waals surface area contributed by atoms with Gasteiger partial charge < -0.3 is 35.2 Å². The first-order valence-electron chi connectivity index (χ1n) is 28.5. The largest absolute Gasteiger partial charge is 0.487 e. The van der Waals surface area contributed by atoms with Crippen molar-refractivity contribution in [3.63, 3.8) is 0 Å². The predicted octanol–water partition coefficient (Wildman–Crippen LogP) is 16.3. The zero-order chi connectivity index (χ0) is 61.7. The fourth-order valence-electron chi connectivity index (χ4n) is 10.4. The average Bonchev–Trinajstić information content (AvgIpc) is 1.18. The monoisotopic (exact) mass is 1210 g/mol. The molecule has 0 radical (unpaired) electrons. The summed E-state index contributed by atoms with van der Waals surface area (Å²) < 4.78 is 115. The van der Waals surface area contributed by atoms with Crippen molar-refractivity contribution in [1.29, 1.82) is 0 Å². The molecule has 4 atom stereocenters. The Morgan fingerprint density at radius 1 is 0.314 bits per heavy atom. The van der Waals surface area contributed by atoms with Crippen molar-refractivity contribution in [2.45, 2.75) is 133 Å². The van der Waals surface area contributed by atoms with Crippen molar-refractivity contribution >= 4 is 40.9 Å². The van der Waals surface area contributed by atoms with Crippen LogP contribution in [0.3, 0.4) is 0 Å². The molecule has 9 rings (SSSR count). The summed E-state index contributed by atoms with van der Waals surface area (Å²) in [6.45, 7) is 16.2. The number of rotatable bonds is 24. The highest BCUT2D eigenvalue weighted by molar-refractivity contribution is 7.92. The third kappa shape index (κ3) is 13.0. The molecule has 16 heteroatoms. The van der Waals surface area contributed by atoms with Gasteiger partial charge in [0, 0.05) is 28.9 Å². The number of ether oxygens (including phenoxy) is 5. The minimum atomic E-state index is -3.94. The smallest absolute Gasteiger partial charge is 0.206 e. The lowest BCUT2D eigenvalue weighted by atomic mass is 9.66. The van der Waals surface area contributed by atoms with Gasteiger partial charge in [-0.2, -0.15) is 0 Å². The second-order valence-electron chi connectivity index (χ2n) is 22.1. The van der Waals surface area contributed by atoms with Crippen LogP contribution in [-0.2, 0) is 46.1 Å². The van der Waals surface area contributed by atoms with Crippen molar-refractivity contribution in [3.05, 3.63) is 235 Å². The lowest BCUT2D eigenvalue weighted by Crippen LogP contribution is -2.51. The topological polar surface area (TPSA) is 201 Å². The molecule has 86 heavy (non-hydrogen) atoms. The minimum Gasteiger partial charge on any atom is -0.487 e. The maximum Gasteiger partial charge on any atom is 0.206 e. The van der Waals surface area contributed by atoms with Crippen LogP contribution in [0.15, 0.2) is 248 Å². The molecule has 13 nitrogen and oxygen atoms in total. The summed E-state index contributed by atoms with van der Waals surface area (Å²) in [7, 11) is -11.6. The molecule has 4 unspecified atom stereocenters. The van der Waals surface area contributed by atoms with Crippen LogP contribution in [0.25, 0.3) is 0 Å². The van der Waals surface area contributed by atoms with Gasteiger partial charge in [-0.3, -0.25) is 0 Å². The van der Waals surface area contributed by atoms with Crippen LogP contribution in [0.4, 0.5) is 11.4 Å². The van der Waals surface area contributed by atoms with E-state index in [4.69, 9.17) is 35.2 Å². The van der Waals surface area contributed by atoms with Gasteiger partial charge in [0.2, 0.25) is 29.5 Å². The summed E-state index contributed by atoms with van der Waals surface area (Å²) in [5.41, 5.74) is 12.6. The van der Waals surface area contributed by atoms with Crippen LogP contribution in [0, 0.1) is 0 Å². The van der Waals surface area contributed by atoms with Crippen LogP contribution in [0.1, 0.15) is 97.8 Å². The standard InChI is InChI=1S/C70H72N2O11S3/c1-9-67(5,70(8,12-4)83-58-27-25-54(26-28-58)79-55-29-41-64(42-30-55)85(75,76)63-39-23-51(24-40-63)69(7,11-3)82-60-18-14-16-53(72)48-60)49-19-35-61(36-20-49)84(73,74)66-45-33-57(34-46-66)81-68(6,10-2)50-21-37-62(38-22-50)86(77,78)65-43-31-56(32-44-65)80-59-17-13-15-52(71)47-59/h13-48H,9-12,71-72H2,1-8H3. The fraction of sp³-hybridized carbons (Fsp3) is 0.229. The lowest BCUT2D eigenvalue weighted by molar-refractivity contribution is 0.00298. The zero-order valence-corrected chi connectivity index (χ0v) is 51.9. The van der Waals surface area contributed by atoms with Gasteiger partial charge >= 0.3 is 0 Å². The average molecular weight is 1210 g/mol. The number of nitrogens with two attached hydrogens (primary N) is 2. The van der Waals surface area contributed by atoms with Crippen LogP contribution in [0.5, 0.6) is 40.2 Å². The van der Waals surface area contributed by atoms with E-state index >= 15 is 0 Å². The summed E-state index contributed by atoms with van der Waals surface area (Å²) in [4.78, 5) is 0.748. The molecule has 9 aromatic rings. The van der Waals surface area contributed by atoms with E-state index in [1.165, 1.54) is 36.4 Å². The van der Waals surface area contributed by atoms with Crippen LogP contribution >= 0.6 is 0 Å². The molecule has 0 aliphatic heterocycles. The Morgan fingerprint density at radius 3 is 0.965 bits per heavy atom. The predicted molar refractivity (Wildman–Crippen MR) is 337 cm³/mol. The fourth-order valence-corrected chi connectivity index (χ4v) is 14.1. The maximum absolute atomic E-state index is 14.1. The van der Waals surface area contributed by atoms with Gasteiger partial charge in [-0.15, -0.1) is 0 Å². The number of hydrogen-bond donors (Lipinski definition) is 2. The van der Waals surface area contributed by atoms with Gasteiger partial charge in [0.05, 0.1) is 29.4 Å². The first-order chi connectivity index (χ1) is 40.9. The summed E-state index contributed by atoms with van der Waals surface area (Å²) in [5, 5.41) is 0. The normalized spacial score (nSPS) is 14.7. The number of anilines is 2. The first-order valence-corrected chi connectivity index (χ1v) is 32.9. The molecule has 0 fully saturated rings. The third-order valence-corrected chi connectivity index (χ3v) is 22.0. The van der Waals surface area contributed by atoms with E-state index in [0.717, 1.165) is 16.7 Å². The third-order valence-electron chi connectivity index (χ3n) is 16.7. The minimum absolute atomic E-state index is 0.0998. The molecule has 0 heterocycles. The van der Waals surface area contributed by atoms with Gasteiger partial charge in [-0.1, -0.05) is 83.1 Å². The Hall–Kier alpha value is -8.57. The van der Waals surface area contributed by atoms with E-state index in [2.05, 4.69) is 27.7 Å². The van der Waals surface area contributed by atoms with Crippen LogP contribution in [-0.4, -0.2) is 30.9 Å². The van der Waals surface area contributed by atoms with E-state index in [0.29, 0.717) is 77.3 Å². The van der Waals surface area contributed by atoms with Crippen molar-refractivity contribution in [1.82, 2.24) is 0 Å². The van der Waals surface area contributed by atoms with E-state index in [9.17, 15) is 25.3 Å². The van der Waals surface area contributed by atoms with Gasteiger partial charge in [-0.25, -0.2) is 25.3 Å². The summed E-state index contributed by atoms with van der Waals surface area (Å²) in [6.07, 6.45) is 2.47. The Labute approximate surface area is 506 Å². The molecule has 0 saturated heterocycles. The molecule has 9 aromatic carbocycles. The lowest BCUT2D eigenvalue weighted by Gasteiger charge is -2.46. The molecule has 0 bridgehead atoms. The molecular weight excluding hydrogens is 1140 g/mol. The zero-order valence-electron chi connectivity index (χ0n) is 49.5. The van der Waals surface area contributed by atoms with Gasteiger partial charge in [0.1, 0.15) is 57.0 Å². The number of sulfone groups is 3.